The Kier molecular flexibility index (Phi) is 5.58. The molecule has 0 bridgehead atoms. The van der Waals surface area contributed by atoms with Crippen molar-refractivity contribution >= 4 is 34.2 Å². The van der Waals surface area contributed by atoms with E-state index in [-0.39, 0.29) is 19.1 Å². The molecule has 5 nitrogen and oxygen atoms in total. The van der Waals surface area contributed by atoms with Gasteiger partial charge in [-0.1, -0.05) is 41.9 Å². The maximum atomic E-state index is 13.4. The highest BCUT2D eigenvalue weighted by Crippen LogP contribution is 2.28. The number of amides is 1. The van der Waals surface area contributed by atoms with Gasteiger partial charge in [-0.05, 0) is 67.3 Å². The van der Waals surface area contributed by atoms with Gasteiger partial charge in [-0.15, -0.1) is 0 Å². The average Bonchev–Trinajstić information content (AvgIpc) is 3.16. The minimum absolute atomic E-state index is 0.0592. The zero-order valence-corrected chi connectivity index (χ0v) is 18.7. The number of aryl methyl sites for hydroxylation is 2. The molecule has 3 aromatic carbocycles. The lowest BCUT2D eigenvalue weighted by molar-refractivity contribution is -0.119. The summed E-state index contributed by atoms with van der Waals surface area (Å²) in [6.07, 6.45) is 1.98. The molecule has 0 radical (unpaired) electrons. The average molecular weight is 446 g/mol. The van der Waals surface area contributed by atoms with E-state index in [1.54, 1.807) is 0 Å². The molecule has 0 spiro atoms. The van der Waals surface area contributed by atoms with Crippen LogP contribution in [0.15, 0.2) is 66.7 Å². The topological polar surface area (TPSA) is 47.4 Å². The van der Waals surface area contributed by atoms with Gasteiger partial charge in [0.15, 0.2) is 0 Å². The number of rotatable bonds is 5. The number of hydrogen-bond acceptors (Lipinski definition) is 3. The molecule has 162 valence electrons. The SMILES string of the molecule is Cc1cc(OCc2nc3ccccc3n2CC(=O)N2CCCc3ccccc32)ccc1Cl. The third-order valence-electron chi connectivity index (χ3n) is 5.94. The van der Waals surface area contributed by atoms with Crippen molar-refractivity contribution in [2.75, 3.05) is 11.4 Å². The highest BCUT2D eigenvalue weighted by molar-refractivity contribution is 6.31. The summed E-state index contributed by atoms with van der Waals surface area (Å²) in [7, 11) is 0. The van der Waals surface area contributed by atoms with Crippen molar-refractivity contribution in [3.05, 3.63) is 88.7 Å². The van der Waals surface area contributed by atoms with E-state index >= 15 is 0 Å². The van der Waals surface area contributed by atoms with E-state index in [1.807, 2.05) is 77.1 Å². The van der Waals surface area contributed by atoms with Gasteiger partial charge in [0.1, 0.15) is 24.7 Å². The number of fused-ring (bicyclic) bond motifs is 2. The van der Waals surface area contributed by atoms with E-state index in [4.69, 9.17) is 21.3 Å². The molecule has 4 aromatic rings. The summed E-state index contributed by atoms with van der Waals surface area (Å²) >= 11 is 6.13. The molecular formula is C26H24ClN3O2. The van der Waals surface area contributed by atoms with Gasteiger partial charge in [0.25, 0.3) is 0 Å². The standard InChI is InChI=1S/C26H24ClN3O2/c1-18-15-20(12-13-21(18)27)32-17-25-28-22-9-3-5-11-24(22)30(25)16-26(31)29-14-6-8-19-7-2-4-10-23(19)29/h2-5,7,9-13,15H,6,8,14,16-17H2,1H3. The van der Waals surface area contributed by atoms with Crippen LogP contribution in [-0.2, 0) is 24.4 Å². The maximum Gasteiger partial charge on any atom is 0.246 e. The largest absolute Gasteiger partial charge is 0.486 e. The number of halogens is 1. The first-order chi connectivity index (χ1) is 15.6. The van der Waals surface area contributed by atoms with Crippen LogP contribution >= 0.6 is 11.6 Å². The van der Waals surface area contributed by atoms with E-state index in [1.165, 1.54) is 5.56 Å². The minimum Gasteiger partial charge on any atom is -0.486 e. The Balaban J connectivity index is 1.43. The van der Waals surface area contributed by atoms with Crippen LogP contribution in [0.5, 0.6) is 5.75 Å². The summed E-state index contributed by atoms with van der Waals surface area (Å²) in [5.41, 5.74) is 4.98. The Labute approximate surface area is 192 Å². The predicted octanol–water partition coefficient (Wildman–Crippen LogP) is 5.56. The van der Waals surface area contributed by atoms with Crippen LogP contribution in [0.1, 0.15) is 23.4 Å². The fourth-order valence-corrected chi connectivity index (χ4v) is 4.40. The fourth-order valence-electron chi connectivity index (χ4n) is 4.28. The number of benzene rings is 3. The van der Waals surface area contributed by atoms with E-state index < -0.39 is 0 Å². The first kappa shape index (κ1) is 20.6. The maximum absolute atomic E-state index is 13.4. The fraction of sp³-hybridized carbons (Fsp3) is 0.231. The van der Waals surface area contributed by atoms with Gasteiger partial charge in [-0.3, -0.25) is 4.79 Å². The monoisotopic (exact) mass is 445 g/mol. The smallest absolute Gasteiger partial charge is 0.246 e. The predicted molar refractivity (Wildman–Crippen MR) is 127 cm³/mol. The van der Waals surface area contributed by atoms with Crippen LogP contribution in [0.3, 0.4) is 0 Å². The number of para-hydroxylation sites is 3. The van der Waals surface area contributed by atoms with E-state index in [9.17, 15) is 4.79 Å². The number of anilines is 1. The first-order valence-electron chi connectivity index (χ1n) is 10.8. The Morgan fingerprint density at radius 2 is 1.91 bits per heavy atom. The number of imidazole rings is 1. The van der Waals surface area contributed by atoms with Gasteiger partial charge in [0.2, 0.25) is 5.91 Å². The molecule has 1 amide bonds. The number of nitrogens with zero attached hydrogens (tertiary/aromatic N) is 3. The van der Waals surface area contributed by atoms with Crippen molar-refractivity contribution in [1.82, 2.24) is 9.55 Å². The lowest BCUT2D eigenvalue weighted by Crippen LogP contribution is -2.38. The van der Waals surface area contributed by atoms with E-state index in [0.29, 0.717) is 5.02 Å². The van der Waals surface area contributed by atoms with Crippen LogP contribution in [-0.4, -0.2) is 22.0 Å². The van der Waals surface area contributed by atoms with Crippen molar-refractivity contribution < 1.29 is 9.53 Å². The third kappa shape index (κ3) is 3.96. The molecule has 0 N–H and O–H groups in total. The number of ether oxygens (including phenoxy) is 1. The van der Waals surface area contributed by atoms with Gasteiger partial charge in [-0.25, -0.2) is 4.98 Å². The molecule has 0 aliphatic carbocycles. The summed E-state index contributed by atoms with van der Waals surface area (Å²) in [6, 6.07) is 21.6. The second-order valence-corrected chi connectivity index (χ2v) is 8.49. The molecule has 1 aliphatic rings. The number of carbonyl (C=O) groups excluding carboxylic acids is 1. The zero-order valence-electron chi connectivity index (χ0n) is 17.9. The molecule has 0 atom stereocenters. The molecule has 0 unspecified atom stereocenters. The molecule has 6 heteroatoms. The third-order valence-corrected chi connectivity index (χ3v) is 6.36. The quantitative estimate of drug-likeness (QED) is 0.404. The highest BCUT2D eigenvalue weighted by atomic mass is 35.5. The Bertz CT molecular complexity index is 1300. The van der Waals surface area contributed by atoms with Gasteiger partial charge >= 0.3 is 0 Å². The summed E-state index contributed by atoms with van der Waals surface area (Å²) in [4.78, 5) is 20.1. The second kappa shape index (κ2) is 8.67. The number of carbonyl (C=O) groups is 1. The van der Waals surface area contributed by atoms with Gasteiger partial charge in [0, 0.05) is 17.3 Å². The van der Waals surface area contributed by atoms with Gasteiger partial charge in [-0.2, -0.15) is 0 Å². The number of aromatic nitrogens is 2. The van der Waals surface area contributed by atoms with Crippen LogP contribution < -0.4 is 9.64 Å². The van der Waals surface area contributed by atoms with Gasteiger partial charge in [0.05, 0.1) is 11.0 Å². The van der Waals surface area contributed by atoms with Gasteiger partial charge < -0.3 is 14.2 Å². The van der Waals surface area contributed by atoms with Crippen LogP contribution in [0.2, 0.25) is 5.02 Å². The van der Waals surface area contributed by atoms with E-state index in [2.05, 4.69) is 6.07 Å². The molecule has 0 saturated carbocycles. The summed E-state index contributed by atoms with van der Waals surface area (Å²) in [5, 5.41) is 0.706. The van der Waals surface area contributed by atoms with Crippen molar-refractivity contribution in [3.8, 4) is 5.75 Å². The van der Waals surface area contributed by atoms with Crippen LogP contribution in [0.4, 0.5) is 5.69 Å². The van der Waals surface area contributed by atoms with Crippen molar-refractivity contribution in [1.29, 1.82) is 0 Å². The molecular weight excluding hydrogens is 422 g/mol. The molecule has 2 heterocycles. The summed E-state index contributed by atoms with van der Waals surface area (Å²) < 4.78 is 7.98. The summed E-state index contributed by atoms with van der Waals surface area (Å²) in [6.45, 7) is 3.16. The molecule has 0 fully saturated rings. The van der Waals surface area contributed by atoms with Crippen molar-refractivity contribution in [3.63, 3.8) is 0 Å². The first-order valence-corrected chi connectivity index (χ1v) is 11.2. The Morgan fingerprint density at radius 1 is 1.09 bits per heavy atom. The molecule has 32 heavy (non-hydrogen) atoms. The normalized spacial score (nSPS) is 13.2. The van der Waals surface area contributed by atoms with Crippen molar-refractivity contribution in [2.45, 2.75) is 32.9 Å². The van der Waals surface area contributed by atoms with Crippen LogP contribution in [0.25, 0.3) is 11.0 Å². The lowest BCUT2D eigenvalue weighted by atomic mass is 10.0. The molecule has 0 saturated heterocycles. The second-order valence-electron chi connectivity index (χ2n) is 8.08. The van der Waals surface area contributed by atoms with E-state index in [0.717, 1.165) is 53.2 Å². The minimum atomic E-state index is 0.0592. The number of hydrogen-bond donors (Lipinski definition) is 0. The molecule has 1 aliphatic heterocycles. The zero-order chi connectivity index (χ0) is 22.1. The Hall–Kier alpha value is -3.31. The molecule has 1 aromatic heterocycles. The molecule has 5 rings (SSSR count). The Morgan fingerprint density at radius 3 is 2.78 bits per heavy atom. The lowest BCUT2D eigenvalue weighted by Gasteiger charge is -2.29. The van der Waals surface area contributed by atoms with Crippen molar-refractivity contribution in [2.24, 2.45) is 0 Å². The highest BCUT2D eigenvalue weighted by Gasteiger charge is 2.24. The van der Waals surface area contributed by atoms with Crippen LogP contribution in [0, 0.1) is 6.92 Å². The summed E-state index contributed by atoms with van der Waals surface area (Å²) in [5.74, 6) is 1.50.